The first kappa shape index (κ1) is 61.9. The van der Waals surface area contributed by atoms with E-state index in [1.54, 1.807) is 48.5 Å². The van der Waals surface area contributed by atoms with Gasteiger partial charge in [-0.2, -0.15) is 0 Å². The molecule has 0 aliphatic heterocycles. The maximum absolute atomic E-state index is 12.2. The summed E-state index contributed by atoms with van der Waals surface area (Å²) in [5.74, 6) is 0. The minimum Gasteiger partial charge on any atom is -0.280 e. The van der Waals surface area contributed by atoms with Gasteiger partial charge in [0.05, 0.1) is 20.1 Å². The molecule has 0 bridgehead atoms. The van der Waals surface area contributed by atoms with Gasteiger partial charge in [-0.15, -0.1) is 0 Å². The lowest BCUT2D eigenvalue weighted by molar-refractivity contribution is 0.599. The van der Waals surface area contributed by atoms with Crippen molar-refractivity contribution in [3.8, 4) is 0 Å². The van der Waals surface area contributed by atoms with E-state index in [4.69, 9.17) is 92.8 Å². The Hall–Kier alpha value is -4.92. The smallest absolute Gasteiger partial charge is 0.263 e. The van der Waals surface area contributed by atoms with Crippen molar-refractivity contribution >= 4 is 156 Å². The van der Waals surface area contributed by atoms with Crippen LogP contribution in [0.1, 0.15) is 22.3 Å². The number of hydrogen-bond donors (Lipinski definition) is 4. The summed E-state index contributed by atoms with van der Waals surface area (Å²) < 4.78 is 107. The van der Waals surface area contributed by atoms with Crippen molar-refractivity contribution < 1.29 is 33.7 Å². The number of halogens is 8. The average Bonchev–Trinajstić information content (AvgIpc) is 3.32. The number of hydrogen-bond acceptors (Lipinski definition) is 8. The fourth-order valence-electron chi connectivity index (χ4n) is 6.10. The molecule has 24 heteroatoms. The zero-order valence-corrected chi connectivity index (χ0v) is 49.4. The highest BCUT2D eigenvalue weighted by Gasteiger charge is 2.21. The van der Waals surface area contributed by atoms with Crippen molar-refractivity contribution in [3.05, 3.63) is 232 Å². The summed E-state index contributed by atoms with van der Waals surface area (Å²) in [4.78, 5) is -0.00318. The van der Waals surface area contributed by atoms with Crippen LogP contribution in [0.25, 0.3) is 0 Å². The van der Waals surface area contributed by atoms with Gasteiger partial charge in [0.25, 0.3) is 40.1 Å². The van der Waals surface area contributed by atoms with E-state index in [1.165, 1.54) is 72.8 Å². The highest BCUT2D eigenvalue weighted by molar-refractivity contribution is 7.93. The van der Waals surface area contributed by atoms with Crippen molar-refractivity contribution in [2.45, 2.75) is 47.3 Å². The minimum absolute atomic E-state index is 0.000795. The molecule has 12 nitrogen and oxygen atoms in total. The molecule has 0 aromatic heterocycles. The van der Waals surface area contributed by atoms with E-state index in [0.29, 0.717) is 42.8 Å². The molecule has 400 valence electrons. The summed E-state index contributed by atoms with van der Waals surface area (Å²) >= 11 is 46.6. The zero-order valence-electron chi connectivity index (χ0n) is 40.1. The molecule has 0 fully saturated rings. The van der Waals surface area contributed by atoms with Crippen LogP contribution in [-0.2, 0) is 40.1 Å². The molecule has 0 spiro atoms. The Bertz CT molecular complexity index is 3290. The molecule has 0 saturated heterocycles. The van der Waals surface area contributed by atoms with E-state index in [-0.39, 0.29) is 39.7 Å². The minimum atomic E-state index is -3.71. The molecule has 0 amide bonds. The lowest BCUT2D eigenvalue weighted by Gasteiger charge is -2.09. The number of benzene rings is 8. The highest BCUT2D eigenvalue weighted by Crippen LogP contribution is 2.31. The first-order chi connectivity index (χ1) is 35.5. The van der Waals surface area contributed by atoms with Gasteiger partial charge in [0.15, 0.2) is 0 Å². The van der Waals surface area contributed by atoms with Crippen molar-refractivity contribution in [1.82, 2.24) is 0 Å². The topological polar surface area (TPSA) is 185 Å². The maximum atomic E-state index is 12.2. The summed E-state index contributed by atoms with van der Waals surface area (Å²) in [6.07, 6.45) is 0. The molecule has 0 aliphatic carbocycles. The second-order valence-electron chi connectivity index (χ2n) is 16.2. The van der Waals surface area contributed by atoms with Gasteiger partial charge in [-0.1, -0.05) is 164 Å². The van der Waals surface area contributed by atoms with Crippen LogP contribution in [0.4, 0.5) is 22.7 Å². The molecule has 76 heavy (non-hydrogen) atoms. The van der Waals surface area contributed by atoms with Crippen molar-refractivity contribution in [2.24, 2.45) is 0 Å². The van der Waals surface area contributed by atoms with Crippen molar-refractivity contribution in [1.29, 1.82) is 0 Å². The normalized spacial score (nSPS) is 11.3. The number of nitrogens with one attached hydrogen (secondary N) is 4. The van der Waals surface area contributed by atoms with Crippen LogP contribution in [0.15, 0.2) is 189 Å². The lowest BCUT2D eigenvalue weighted by atomic mass is 10.2. The summed E-state index contributed by atoms with van der Waals surface area (Å²) in [5, 5.41) is 1.91. The fourth-order valence-corrected chi connectivity index (χ4v) is 13.4. The van der Waals surface area contributed by atoms with Gasteiger partial charge in [-0.05, 0) is 149 Å². The van der Waals surface area contributed by atoms with E-state index in [2.05, 4.69) is 18.9 Å². The molecule has 4 N–H and O–H groups in total. The van der Waals surface area contributed by atoms with E-state index >= 15 is 0 Å². The molecular weight excluding hydrogens is 1220 g/mol. The second kappa shape index (κ2) is 27.1. The Balaban J connectivity index is 0.000000187. The van der Waals surface area contributed by atoms with E-state index < -0.39 is 40.1 Å². The number of aryl methyl sites for hydroxylation is 4. The Kier molecular flexibility index (Phi) is 22.1. The van der Waals surface area contributed by atoms with Crippen LogP contribution < -0.4 is 18.9 Å². The van der Waals surface area contributed by atoms with E-state index in [0.717, 1.165) is 22.3 Å². The first-order valence-corrected chi connectivity index (χ1v) is 30.7. The Morgan fingerprint density at radius 1 is 0.250 bits per heavy atom. The summed E-state index contributed by atoms with van der Waals surface area (Å²) in [6.45, 7) is 7.70. The highest BCUT2D eigenvalue weighted by atomic mass is 35.5. The molecule has 8 aromatic carbocycles. The predicted octanol–water partition coefficient (Wildman–Crippen LogP) is 16.4. The molecular formula is C52H44Cl8N4O8S4. The predicted molar refractivity (Wildman–Crippen MR) is 314 cm³/mol. The van der Waals surface area contributed by atoms with Crippen LogP contribution in [0.2, 0.25) is 40.2 Å². The fraction of sp³-hybridized carbons (Fsp3) is 0.0769. The van der Waals surface area contributed by atoms with Crippen molar-refractivity contribution in [2.75, 3.05) is 18.9 Å². The zero-order chi connectivity index (χ0) is 56.2. The SMILES string of the molecule is Cc1ccc(NS(=O)(=O)c2ccc(Cl)cc2Cl)cc1.Cc1ccc(NS(=O)(=O)c2ccc(Cl)cc2Cl)cc1.Cc1ccc(NS(=O)(=O)c2ccc(Cl)cc2Cl)cc1.Cc1ccc(NS(=O)(=O)c2ccc(Cl)cc2Cl)cc1. The van der Waals surface area contributed by atoms with E-state index in [9.17, 15) is 33.7 Å². The number of sulfonamides is 4. The molecule has 0 saturated carbocycles. The van der Waals surface area contributed by atoms with Gasteiger partial charge in [-0.3, -0.25) is 18.9 Å². The Labute approximate surface area is 483 Å². The largest absolute Gasteiger partial charge is 0.280 e. The number of anilines is 4. The lowest BCUT2D eigenvalue weighted by Crippen LogP contribution is -2.13. The van der Waals surface area contributed by atoms with Gasteiger partial charge in [0, 0.05) is 42.8 Å². The monoisotopic (exact) mass is 1260 g/mol. The molecule has 0 atom stereocenters. The molecule has 0 heterocycles. The third kappa shape index (κ3) is 18.6. The van der Waals surface area contributed by atoms with Gasteiger partial charge in [0.2, 0.25) is 0 Å². The van der Waals surface area contributed by atoms with Gasteiger partial charge in [0.1, 0.15) is 19.6 Å². The van der Waals surface area contributed by atoms with E-state index in [1.807, 2.05) is 76.2 Å². The van der Waals surface area contributed by atoms with Crippen LogP contribution in [0.3, 0.4) is 0 Å². The van der Waals surface area contributed by atoms with Crippen molar-refractivity contribution in [3.63, 3.8) is 0 Å². The quantitative estimate of drug-likeness (QED) is 0.0931. The Morgan fingerprint density at radius 2 is 0.408 bits per heavy atom. The maximum Gasteiger partial charge on any atom is 0.263 e. The molecule has 0 radical (unpaired) electrons. The molecule has 8 aromatic rings. The van der Waals surface area contributed by atoms with Gasteiger partial charge < -0.3 is 0 Å². The summed E-state index contributed by atoms with van der Waals surface area (Å²) in [5.41, 5.74) is 6.13. The van der Waals surface area contributed by atoms with Crippen LogP contribution >= 0.6 is 92.8 Å². The Morgan fingerprint density at radius 3 is 0.553 bits per heavy atom. The second-order valence-corrected chi connectivity index (χ2v) is 26.2. The van der Waals surface area contributed by atoms with Crippen LogP contribution in [0.5, 0.6) is 0 Å². The van der Waals surface area contributed by atoms with Gasteiger partial charge >= 0.3 is 0 Å². The first-order valence-electron chi connectivity index (χ1n) is 21.7. The third-order valence-corrected chi connectivity index (χ3v) is 18.3. The third-order valence-electron chi connectivity index (χ3n) is 9.95. The summed E-state index contributed by atoms with van der Waals surface area (Å²) in [6, 6.07) is 45.1. The molecule has 0 unspecified atom stereocenters. The summed E-state index contributed by atoms with van der Waals surface area (Å²) in [7, 11) is -14.9. The van der Waals surface area contributed by atoms with Crippen LogP contribution in [-0.4, -0.2) is 33.7 Å². The number of rotatable bonds is 12. The molecule has 0 aliphatic rings. The van der Waals surface area contributed by atoms with Crippen LogP contribution in [0, 0.1) is 27.7 Å². The average molecular weight is 1260 g/mol. The van der Waals surface area contributed by atoms with Gasteiger partial charge in [-0.25, -0.2) is 33.7 Å². The molecule has 8 rings (SSSR count). The standard InChI is InChI=1S/4C13H11Cl2NO2S/c4*1-9-2-5-11(6-3-9)16-19(17,18)13-7-4-10(14)8-12(13)15/h4*2-8,16H,1H3.